The van der Waals surface area contributed by atoms with Crippen molar-refractivity contribution in [2.24, 2.45) is 0 Å². The summed E-state index contributed by atoms with van der Waals surface area (Å²) in [5.41, 5.74) is 2.27. The van der Waals surface area contributed by atoms with Gasteiger partial charge in [-0.15, -0.1) is 10.2 Å². The molecule has 1 aromatic heterocycles. The molecule has 1 amide bonds. The van der Waals surface area contributed by atoms with Crippen molar-refractivity contribution in [1.29, 1.82) is 5.26 Å². The maximum atomic E-state index is 12.6. The van der Waals surface area contributed by atoms with Gasteiger partial charge in [-0.25, -0.2) is 0 Å². The number of hydrogen-bond donors (Lipinski definition) is 1. The molecule has 0 bridgehead atoms. The molecule has 8 heteroatoms. The second kappa shape index (κ2) is 8.43. The Bertz CT molecular complexity index is 959. The average Bonchev–Trinajstić information content (AvgIpc) is 3.17. The zero-order valence-corrected chi connectivity index (χ0v) is 15.4. The molecule has 0 aliphatic rings. The van der Waals surface area contributed by atoms with Gasteiger partial charge >= 0.3 is 0 Å². The van der Waals surface area contributed by atoms with Crippen molar-refractivity contribution in [3.05, 3.63) is 64.7 Å². The molecule has 136 valence electrons. The highest BCUT2D eigenvalue weighted by Gasteiger charge is 2.21. The van der Waals surface area contributed by atoms with Crippen LogP contribution >= 0.6 is 11.6 Å². The smallest absolute Gasteiger partial charge is 0.247 e. The molecule has 0 fully saturated rings. The zero-order chi connectivity index (χ0) is 19.2. The molecule has 3 rings (SSSR count). The van der Waals surface area contributed by atoms with Gasteiger partial charge in [0.2, 0.25) is 11.7 Å². The van der Waals surface area contributed by atoms with Crippen LogP contribution in [0, 0.1) is 11.3 Å². The second-order valence-corrected chi connectivity index (χ2v) is 6.33. The lowest BCUT2D eigenvalue weighted by atomic mass is 10.1. The Morgan fingerprint density at radius 2 is 1.93 bits per heavy atom. The van der Waals surface area contributed by atoms with Crippen LogP contribution in [0.5, 0.6) is 0 Å². The topological polar surface area (TPSA) is 96.5 Å². The molecule has 7 nitrogen and oxygen atoms in total. The van der Waals surface area contributed by atoms with Gasteiger partial charge < -0.3 is 5.32 Å². The first-order valence-electron chi connectivity index (χ1n) is 8.43. The summed E-state index contributed by atoms with van der Waals surface area (Å²) >= 11 is 5.89. The molecule has 27 heavy (non-hydrogen) atoms. The van der Waals surface area contributed by atoms with E-state index in [0.29, 0.717) is 29.4 Å². The minimum absolute atomic E-state index is 0.193. The number of carbonyl (C=O) groups is 1. The van der Waals surface area contributed by atoms with Crippen molar-refractivity contribution in [2.45, 2.75) is 25.9 Å². The Hall–Kier alpha value is -3.24. The van der Waals surface area contributed by atoms with E-state index in [2.05, 4.69) is 26.8 Å². The van der Waals surface area contributed by atoms with E-state index in [-0.39, 0.29) is 5.91 Å². The molecule has 3 aromatic rings. The third kappa shape index (κ3) is 4.49. The Labute approximate surface area is 161 Å². The first kappa shape index (κ1) is 18.5. The number of halogens is 1. The molecule has 0 radical (unpaired) electrons. The van der Waals surface area contributed by atoms with Crippen LogP contribution in [-0.2, 0) is 11.3 Å². The first-order chi connectivity index (χ1) is 13.1. The van der Waals surface area contributed by atoms with Gasteiger partial charge in [0.05, 0.1) is 11.6 Å². The standard InChI is InChI=1S/C19H17ClN6O/c1-2-17(19(27)22-12-14-5-3-13(11-21)4-6-14)26-24-18(23-25-26)15-7-9-16(20)10-8-15/h3-10,17H,2,12H2,1H3,(H,22,27). The average molecular weight is 381 g/mol. The summed E-state index contributed by atoms with van der Waals surface area (Å²) in [5.74, 6) is 0.243. The molecule has 0 saturated heterocycles. The van der Waals surface area contributed by atoms with Crippen molar-refractivity contribution in [3.8, 4) is 17.5 Å². The van der Waals surface area contributed by atoms with Gasteiger partial charge in [0.1, 0.15) is 0 Å². The summed E-state index contributed by atoms with van der Waals surface area (Å²) in [6, 6.07) is 15.7. The summed E-state index contributed by atoms with van der Waals surface area (Å²) < 4.78 is 0. The van der Waals surface area contributed by atoms with Crippen LogP contribution in [0.25, 0.3) is 11.4 Å². The third-order valence-corrected chi connectivity index (χ3v) is 4.30. The Morgan fingerprint density at radius 3 is 2.56 bits per heavy atom. The van der Waals surface area contributed by atoms with Crippen LogP contribution in [0.2, 0.25) is 5.02 Å². The van der Waals surface area contributed by atoms with E-state index < -0.39 is 6.04 Å². The Morgan fingerprint density at radius 1 is 1.22 bits per heavy atom. The molecule has 1 N–H and O–H groups in total. The normalized spacial score (nSPS) is 11.6. The van der Waals surface area contributed by atoms with E-state index in [0.717, 1.165) is 11.1 Å². The van der Waals surface area contributed by atoms with Crippen molar-refractivity contribution in [2.75, 3.05) is 0 Å². The maximum absolute atomic E-state index is 12.6. The van der Waals surface area contributed by atoms with Gasteiger partial charge in [-0.2, -0.15) is 10.1 Å². The van der Waals surface area contributed by atoms with Gasteiger partial charge in [-0.05, 0) is 53.6 Å². The number of nitriles is 1. The summed E-state index contributed by atoms with van der Waals surface area (Å²) in [5, 5.41) is 24.7. The molecule has 0 aliphatic heterocycles. The molecule has 0 aliphatic carbocycles. The van der Waals surface area contributed by atoms with Crippen LogP contribution in [0.3, 0.4) is 0 Å². The number of hydrogen-bond acceptors (Lipinski definition) is 5. The van der Waals surface area contributed by atoms with Crippen molar-refractivity contribution in [3.63, 3.8) is 0 Å². The molecule has 1 heterocycles. The molecule has 1 atom stereocenters. The highest BCUT2D eigenvalue weighted by atomic mass is 35.5. The van der Waals surface area contributed by atoms with E-state index in [1.807, 2.05) is 19.1 Å². The van der Waals surface area contributed by atoms with Crippen LogP contribution in [0.1, 0.15) is 30.5 Å². The zero-order valence-electron chi connectivity index (χ0n) is 14.6. The van der Waals surface area contributed by atoms with Gasteiger partial charge in [-0.3, -0.25) is 4.79 Å². The fraction of sp³-hybridized carbons (Fsp3) is 0.211. The molecule has 0 saturated carbocycles. The van der Waals surface area contributed by atoms with Crippen LogP contribution in [0.15, 0.2) is 48.5 Å². The van der Waals surface area contributed by atoms with Crippen molar-refractivity contribution in [1.82, 2.24) is 25.5 Å². The van der Waals surface area contributed by atoms with Gasteiger partial charge in [0.25, 0.3) is 0 Å². The molecular formula is C19H17ClN6O. The van der Waals surface area contributed by atoms with E-state index in [9.17, 15) is 4.79 Å². The number of carbonyl (C=O) groups excluding carboxylic acids is 1. The summed E-state index contributed by atoms with van der Waals surface area (Å²) in [6.07, 6.45) is 0.523. The number of tetrazole rings is 1. The number of amides is 1. The SMILES string of the molecule is CCC(C(=O)NCc1ccc(C#N)cc1)n1nnc(-c2ccc(Cl)cc2)n1. The van der Waals surface area contributed by atoms with E-state index in [1.54, 1.807) is 36.4 Å². The van der Waals surface area contributed by atoms with Gasteiger partial charge in [0, 0.05) is 17.1 Å². The number of nitrogens with one attached hydrogen (secondary N) is 1. The minimum atomic E-state index is -0.558. The van der Waals surface area contributed by atoms with Gasteiger partial charge in [0.15, 0.2) is 6.04 Å². The number of nitrogens with zero attached hydrogens (tertiary/aromatic N) is 5. The molecule has 0 spiro atoms. The first-order valence-corrected chi connectivity index (χ1v) is 8.80. The second-order valence-electron chi connectivity index (χ2n) is 5.89. The van der Waals surface area contributed by atoms with Crippen LogP contribution < -0.4 is 5.32 Å². The Kier molecular flexibility index (Phi) is 5.79. The van der Waals surface area contributed by atoms with Crippen LogP contribution in [0.4, 0.5) is 0 Å². The lowest BCUT2D eigenvalue weighted by Crippen LogP contribution is -2.33. The summed E-state index contributed by atoms with van der Waals surface area (Å²) in [4.78, 5) is 13.9. The maximum Gasteiger partial charge on any atom is 0.247 e. The van der Waals surface area contributed by atoms with E-state index in [4.69, 9.17) is 16.9 Å². The van der Waals surface area contributed by atoms with Crippen molar-refractivity contribution < 1.29 is 4.79 Å². The monoisotopic (exact) mass is 380 g/mol. The Balaban J connectivity index is 1.67. The van der Waals surface area contributed by atoms with E-state index >= 15 is 0 Å². The fourth-order valence-corrected chi connectivity index (χ4v) is 2.66. The molecule has 1 unspecified atom stereocenters. The van der Waals surface area contributed by atoms with Gasteiger partial charge in [-0.1, -0.05) is 30.7 Å². The van der Waals surface area contributed by atoms with E-state index in [1.165, 1.54) is 4.80 Å². The lowest BCUT2D eigenvalue weighted by molar-refractivity contribution is -0.125. The fourth-order valence-electron chi connectivity index (χ4n) is 2.53. The number of aromatic nitrogens is 4. The molecule has 2 aromatic carbocycles. The third-order valence-electron chi connectivity index (χ3n) is 4.05. The molecular weight excluding hydrogens is 364 g/mol. The highest BCUT2D eigenvalue weighted by Crippen LogP contribution is 2.18. The lowest BCUT2D eigenvalue weighted by Gasteiger charge is -2.13. The quantitative estimate of drug-likeness (QED) is 0.708. The highest BCUT2D eigenvalue weighted by molar-refractivity contribution is 6.30. The predicted octanol–water partition coefficient (Wildman–Crippen LogP) is 3.13. The summed E-state index contributed by atoms with van der Waals surface area (Å²) in [6.45, 7) is 2.25. The number of benzene rings is 2. The minimum Gasteiger partial charge on any atom is -0.350 e. The largest absolute Gasteiger partial charge is 0.350 e. The van der Waals surface area contributed by atoms with Crippen molar-refractivity contribution >= 4 is 17.5 Å². The predicted molar refractivity (Wildman–Crippen MR) is 101 cm³/mol. The van der Waals surface area contributed by atoms with Crippen LogP contribution in [-0.4, -0.2) is 26.1 Å². The number of rotatable bonds is 6. The summed E-state index contributed by atoms with van der Waals surface area (Å²) in [7, 11) is 0.